The molecule has 0 bridgehead atoms. The summed E-state index contributed by atoms with van der Waals surface area (Å²) in [7, 11) is 0. The maximum Gasteiger partial charge on any atom is 0.241 e. The van der Waals surface area contributed by atoms with Crippen molar-refractivity contribution in [1.82, 2.24) is 4.90 Å². The number of rotatable bonds is 4. The van der Waals surface area contributed by atoms with Crippen molar-refractivity contribution in [2.45, 2.75) is 31.8 Å². The van der Waals surface area contributed by atoms with Crippen LogP contribution in [0.25, 0.3) is 0 Å². The van der Waals surface area contributed by atoms with Crippen LogP contribution < -0.4 is 11.1 Å². The molecule has 132 valence electrons. The maximum atomic E-state index is 12.7. The van der Waals surface area contributed by atoms with Gasteiger partial charge in [-0.3, -0.25) is 9.69 Å². The Morgan fingerprint density at radius 2 is 1.96 bits per heavy atom. The van der Waals surface area contributed by atoms with E-state index in [1.54, 1.807) is 6.07 Å². The zero-order valence-corrected chi connectivity index (χ0v) is 15.3. The van der Waals surface area contributed by atoms with Crippen molar-refractivity contribution in [3.05, 3.63) is 64.7 Å². The van der Waals surface area contributed by atoms with Crippen LogP contribution in [0.3, 0.4) is 0 Å². The van der Waals surface area contributed by atoms with E-state index in [0.29, 0.717) is 11.6 Å². The Morgan fingerprint density at radius 1 is 1.24 bits per heavy atom. The molecule has 0 aromatic heterocycles. The minimum Gasteiger partial charge on any atom is -0.326 e. The van der Waals surface area contributed by atoms with Crippen LogP contribution >= 0.6 is 11.6 Å². The van der Waals surface area contributed by atoms with Crippen molar-refractivity contribution in [3.8, 4) is 0 Å². The second-order valence-electron chi connectivity index (χ2n) is 6.76. The first-order valence-corrected chi connectivity index (χ1v) is 8.95. The predicted molar refractivity (Wildman–Crippen MR) is 103 cm³/mol. The molecule has 0 spiro atoms. The van der Waals surface area contributed by atoms with Crippen LogP contribution in [0.4, 0.5) is 5.69 Å². The smallest absolute Gasteiger partial charge is 0.241 e. The van der Waals surface area contributed by atoms with Gasteiger partial charge in [-0.25, -0.2) is 0 Å². The largest absolute Gasteiger partial charge is 0.326 e. The number of nitrogens with two attached hydrogens (primary N) is 1. The summed E-state index contributed by atoms with van der Waals surface area (Å²) in [6.07, 6.45) is 0. The number of benzene rings is 2. The van der Waals surface area contributed by atoms with Crippen molar-refractivity contribution in [2.24, 2.45) is 5.73 Å². The number of nitrogens with one attached hydrogen (secondary N) is 1. The number of anilines is 1. The van der Waals surface area contributed by atoms with Crippen molar-refractivity contribution in [2.75, 3.05) is 18.4 Å². The lowest BCUT2D eigenvalue weighted by atomic mass is 9.95. The number of hydrogen-bond donors (Lipinski definition) is 2. The second-order valence-corrected chi connectivity index (χ2v) is 7.20. The normalized spacial score (nSPS) is 21.9. The molecule has 2 aromatic rings. The first-order valence-electron chi connectivity index (χ1n) is 8.57. The van der Waals surface area contributed by atoms with Gasteiger partial charge in [0, 0.05) is 35.8 Å². The van der Waals surface area contributed by atoms with E-state index in [1.165, 1.54) is 5.56 Å². The topological polar surface area (TPSA) is 58.4 Å². The van der Waals surface area contributed by atoms with Gasteiger partial charge in [-0.1, -0.05) is 48.0 Å². The molecule has 1 aliphatic rings. The lowest BCUT2D eigenvalue weighted by Gasteiger charge is -2.24. The number of carbonyl (C=O) groups excluding carboxylic acids is 1. The van der Waals surface area contributed by atoms with E-state index >= 15 is 0 Å². The fourth-order valence-corrected chi connectivity index (χ4v) is 3.53. The molecule has 4 nitrogen and oxygen atoms in total. The zero-order chi connectivity index (χ0) is 18.0. The Kier molecular flexibility index (Phi) is 5.42. The molecule has 2 aromatic carbocycles. The Morgan fingerprint density at radius 3 is 2.68 bits per heavy atom. The number of halogens is 1. The van der Waals surface area contributed by atoms with Gasteiger partial charge in [0.25, 0.3) is 0 Å². The number of carbonyl (C=O) groups is 1. The monoisotopic (exact) mass is 357 g/mol. The third-order valence-electron chi connectivity index (χ3n) is 5.01. The molecule has 5 heteroatoms. The lowest BCUT2D eigenvalue weighted by Crippen LogP contribution is -2.41. The first kappa shape index (κ1) is 17.9. The van der Waals surface area contributed by atoms with Crippen LogP contribution in [0.15, 0.2) is 48.5 Å². The molecule has 0 aliphatic carbocycles. The number of nitrogens with zero attached hydrogens (tertiary/aromatic N) is 1. The Labute approximate surface area is 154 Å². The highest BCUT2D eigenvalue weighted by molar-refractivity contribution is 6.31. The summed E-state index contributed by atoms with van der Waals surface area (Å²) in [6, 6.07) is 15.6. The Balaban J connectivity index is 1.68. The number of likely N-dealkylation sites (tertiary alicyclic amines) is 1. The number of aryl methyl sites for hydroxylation is 1. The highest BCUT2D eigenvalue weighted by Crippen LogP contribution is 2.28. The molecular formula is C20H24ClN3O. The quantitative estimate of drug-likeness (QED) is 0.881. The maximum absolute atomic E-state index is 12.7. The minimum atomic E-state index is -0.252. The summed E-state index contributed by atoms with van der Waals surface area (Å²) >= 11 is 6.03. The summed E-state index contributed by atoms with van der Waals surface area (Å²) in [6.45, 7) is 5.38. The van der Waals surface area contributed by atoms with Crippen molar-refractivity contribution in [3.63, 3.8) is 0 Å². The summed E-state index contributed by atoms with van der Waals surface area (Å²) in [5, 5.41) is 3.60. The summed E-state index contributed by atoms with van der Waals surface area (Å²) in [4.78, 5) is 14.8. The van der Waals surface area contributed by atoms with Gasteiger partial charge in [0.05, 0.1) is 6.04 Å². The van der Waals surface area contributed by atoms with Gasteiger partial charge in [-0.15, -0.1) is 0 Å². The second kappa shape index (κ2) is 7.56. The van der Waals surface area contributed by atoms with Crippen molar-refractivity contribution in [1.29, 1.82) is 0 Å². The third-order valence-corrected chi connectivity index (χ3v) is 5.24. The minimum absolute atomic E-state index is 0.0329. The molecule has 1 amide bonds. The summed E-state index contributed by atoms with van der Waals surface area (Å²) in [5.74, 6) is 0.218. The van der Waals surface area contributed by atoms with E-state index in [1.807, 2.05) is 44.2 Å². The van der Waals surface area contributed by atoms with Crippen LogP contribution in [0, 0.1) is 6.92 Å². The number of hydrogen-bond acceptors (Lipinski definition) is 3. The van der Waals surface area contributed by atoms with Crippen LogP contribution in [0.1, 0.15) is 24.0 Å². The lowest BCUT2D eigenvalue weighted by molar-refractivity contribution is -0.120. The van der Waals surface area contributed by atoms with Gasteiger partial charge in [0.1, 0.15) is 0 Å². The van der Waals surface area contributed by atoms with Gasteiger partial charge >= 0.3 is 0 Å². The molecule has 1 heterocycles. The van der Waals surface area contributed by atoms with Gasteiger partial charge < -0.3 is 11.1 Å². The molecule has 0 radical (unpaired) electrons. The van der Waals surface area contributed by atoms with E-state index in [0.717, 1.165) is 17.8 Å². The van der Waals surface area contributed by atoms with E-state index in [4.69, 9.17) is 17.3 Å². The van der Waals surface area contributed by atoms with Gasteiger partial charge in [-0.05, 0) is 37.1 Å². The van der Waals surface area contributed by atoms with E-state index in [2.05, 4.69) is 22.3 Å². The summed E-state index contributed by atoms with van der Waals surface area (Å²) < 4.78 is 0. The molecule has 3 N–H and O–H groups in total. The molecular weight excluding hydrogens is 334 g/mol. The van der Waals surface area contributed by atoms with E-state index in [-0.39, 0.29) is 23.9 Å². The fourth-order valence-electron chi connectivity index (χ4n) is 3.36. The molecule has 25 heavy (non-hydrogen) atoms. The highest BCUT2D eigenvalue weighted by Gasteiger charge is 2.35. The molecule has 3 rings (SSSR count). The van der Waals surface area contributed by atoms with E-state index in [9.17, 15) is 4.79 Å². The van der Waals surface area contributed by atoms with Crippen LogP contribution in [0.2, 0.25) is 5.02 Å². The molecule has 1 aliphatic heterocycles. The van der Waals surface area contributed by atoms with Crippen LogP contribution in [0.5, 0.6) is 0 Å². The average Bonchev–Trinajstić information content (AvgIpc) is 3.00. The van der Waals surface area contributed by atoms with Gasteiger partial charge in [0.2, 0.25) is 5.91 Å². The van der Waals surface area contributed by atoms with E-state index < -0.39 is 0 Å². The van der Waals surface area contributed by atoms with Gasteiger partial charge in [0.15, 0.2) is 0 Å². The fraction of sp³-hybridized carbons (Fsp3) is 0.350. The first-order chi connectivity index (χ1) is 12.0. The average molecular weight is 358 g/mol. The van der Waals surface area contributed by atoms with Crippen molar-refractivity contribution >= 4 is 23.2 Å². The van der Waals surface area contributed by atoms with Crippen LogP contribution in [-0.2, 0) is 4.79 Å². The molecule has 1 saturated heterocycles. The standard InChI is InChI=1S/C20H24ClN3O/c1-13-8-9-16(21)10-19(13)23-20(25)14(2)24-11-17(18(22)12-24)15-6-4-3-5-7-15/h3-10,14,17-18H,11-12,22H2,1-2H3,(H,23,25)/t14?,17-,18+/m0/s1. The van der Waals surface area contributed by atoms with Crippen molar-refractivity contribution < 1.29 is 4.79 Å². The Bertz CT molecular complexity index is 750. The Hall–Kier alpha value is -1.88. The summed E-state index contributed by atoms with van der Waals surface area (Å²) in [5.41, 5.74) is 9.33. The molecule has 3 atom stereocenters. The third kappa shape index (κ3) is 4.03. The molecule has 1 unspecified atom stereocenters. The van der Waals surface area contributed by atoms with Gasteiger partial charge in [-0.2, -0.15) is 0 Å². The number of amides is 1. The van der Waals surface area contributed by atoms with Crippen LogP contribution in [-0.4, -0.2) is 36.0 Å². The highest BCUT2D eigenvalue weighted by atomic mass is 35.5. The molecule has 0 saturated carbocycles. The predicted octanol–water partition coefficient (Wildman–Crippen LogP) is 3.40. The molecule has 1 fully saturated rings. The zero-order valence-electron chi connectivity index (χ0n) is 14.6. The SMILES string of the molecule is Cc1ccc(Cl)cc1NC(=O)C(C)N1C[C@@H](N)[C@H](c2ccccc2)C1.